The summed E-state index contributed by atoms with van der Waals surface area (Å²) in [4.78, 5) is 17.2. The number of aromatic nitrogens is 2. The molecule has 0 bridgehead atoms. The number of halogens is 1. The van der Waals surface area contributed by atoms with Crippen LogP contribution in [0.3, 0.4) is 0 Å². The van der Waals surface area contributed by atoms with Gasteiger partial charge in [-0.2, -0.15) is 0 Å². The van der Waals surface area contributed by atoms with E-state index < -0.39 is 0 Å². The molecule has 0 saturated carbocycles. The Balaban J connectivity index is 0.00000289. The molecule has 0 fully saturated rings. The van der Waals surface area contributed by atoms with E-state index in [4.69, 9.17) is 0 Å². The van der Waals surface area contributed by atoms with Crippen LogP contribution >= 0.6 is 0 Å². The summed E-state index contributed by atoms with van der Waals surface area (Å²) in [5.41, 5.74) is 5.97. The summed E-state index contributed by atoms with van der Waals surface area (Å²) < 4.78 is 1.97. The lowest BCUT2D eigenvalue weighted by Gasteiger charge is -2.11. The van der Waals surface area contributed by atoms with Crippen LogP contribution < -0.4 is 32.9 Å². The molecular weight excluding hydrogens is 458 g/mol. The number of aryl methyl sites for hydroxylation is 1. The number of amides is 1. The molecule has 5 aromatic rings. The zero-order chi connectivity index (χ0) is 23.3. The first-order chi connectivity index (χ1) is 16.6. The van der Waals surface area contributed by atoms with Crippen molar-refractivity contribution in [3.8, 4) is 0 Å². The van der Waals surface area contributed by atoms with Crippen molar-refractivity contribution >= 4 is 45.2 Å². The fraction of sp³-hybridized carbons (Fsp3) is 0.0357. The molecule has 2 heterocycles. The first kappa shape index (κ1) is 23.7. The lowest BCUT2D eigenvalue weighted by molar-refractivity contribution is -0.671. The summed E-state index contributed by atoms with van der Waals surface area (Å²) in [5, 5.41) is 10.8. The molecule has 0 saturated heterocycles. The Kier molecular flexibility index (Phi) is 7.24. The van der Waals surface area contributed by atoms with Gasteiger partial charge in [-0.05, 0) is 54.6 Å². The molecule has 0 radical (unpaired) electrons. The second-order valence-corrected chi connectivity index (χ2v) is 7.99. The fourth-order valence-corrected chi connectivity index (χ4v) is 3.69. The van der Waals surface area contributed by atoms with Crippen LogP contribution in [0.5, 0.6) is 0 Å². The topological polar surface area (TPSA) is 69.9 Å². The zero-order valence-electron chi connectivity index (χ0n) is 19.1. The number of carbonyl (C=O) groups is 1. The van der Waals surface area contributed by atoms with Gasteiger partial charge in [0.25, 0.3) is 5.91 Å². The normalized spacial score (nSPS) is 10.3. The van der Waals surface area contributed by atoms with E-state index in [9.17, 15) is 4.79 Å². The zero-order valence-corrected chi connectivity index (χ0v) is 19.8. The number of rotatable bonds is 6. The van der Waals surface area contributed by atoms with E-state index in [0.717, 1.165) is 39.3 Å². The number of nitrogens with one attached hydrogen (secondary N) is 3. The molecule has 0 atom stereocenters. The number of nitrogens with zero attached hydrogens (tertiary/aromatic N) is 2. The Bertz CT molecular complexity index is 1450. The second kappa shape index (κ2) is 10.7. The summed E-state index contributed by atoms with van der Waals surface area (Å²) in [6, 6.07) is 29.0. The molecule has 7 heteroatoms. The molecule has 1 amide bonds. The molecule has 0 spiro atoms. The molecule has 0 aliphatic carbocycles. The SMILES string of the molecule is C[n+]1ccc(Nc2cccc(C(=O)Nc3ccc(Nc4ccnc5ccccc45)cc3)c2)cc1.[Cl-]. The minimum Gasteiger partial charge on any atom is -1.00 e. The van der Waals surface area contributed by atoms with E-state index in [1.807, 2.05) is 109 Å². The Morgan fingerprint density at radius 2 is 1.46 bits per heavy atom. The van der Waals surface area contributed by atoms with Gasteiger partial charge in [-0.25, -0.2) is 4.57 Å². The van der Waals surface area contributed by atoms with Gasteiger partial charge < -0.3 is 28.4 Å². The number of carbonyl (C=O) groups excluding carboxylic acids is 1. The third kappa shape index (κ3) is 5.75. The molecule has 2 aromatic heterocycles. The van der Waals surface area contributed by atoms with Gasteiger partial charge in [0.15, 0.2) is 12.4 Å². The molecular formula is C28H24ClN5O. The monoisotopic (exact) mass is 481 g/mol. The van der Waals surface area contributed by atoms with Gasteiger partial charge in [-0.3, -0.25) is 9.78 Å². The standard InChI is InChI=1S/C28H23N5O.ClH/c1-33-17-14-23(15-18-33)30-24-6-4-5-20(19-24)28(34)32-22-11-9-21(10-12-22)31-27-13-16-29-26-8-3-2-7-25(26)27;/h2-19H,1H3,(H2,29,31,32,34);1H. The predicted molar refractivity (Wildman–Crippen MR) is 137 cm³/mol. The van der Waals surface area contributed by atoms with Crippen LogP contribution in [0, 0.1) is 0 Å². The van der Waals surface area contributed by atoms with Crippen molar-refractivity contribution in [1.82, 2.24) is 4.98 Å². The van der Waals surface area contributed by atoms with E-state index in [1.54, 1.807) is 12.3 Å². The van der Waals surface area contributed by atoms with E-state index in [0.29, 0.717) is 5.56 Å². The minimum atomic E-state index is -0.163. The predicted octanol–water partition coefficient (Wildman–Crippen LogP) is 2.80. The van der Waals surface area contributed by atoms with Crippen molar-refractivity contribution < 1.29 is 21.8 Å². The van der Waals surface area contributed by atoms with E-state index in [-0.39, 0.29) is 18.3 Å². The highest BCUT2D eigenvalue weighted by molar-refractivity contribution is 6.05. The van der Waals surface area contributed by atoms with Crippen molar-refractivity contribution in [3.05, 3.63) is 115 Å². The van der Waals surface area contributed by atoms with Crippen LogP contribution in [0.25, 0.3) is 10.9 Å². The van der Waals surface area contributed by atoms with Crippen molar-refractivity contribution in [1.29, 1.82) is 0 Å². The Labute approximate surface area is 210 Å². The van der Waals surface area contributed by atoms with Gasteiger partial charge in [0, 0.05) is 52.0 Å². The maximum absolute atomic E-state index is 12.8. The first-order valence-corrected chi connectivity index (χ1v) is 11.0. The number of fused-ring (bicyclic) bond motifs is 1. The number of anilines is 5. The highest BCUT2D eigenvalue weighted by atomic mass is 35.5. The van der Waals surface area contributed by atoms with Crippen LogP contribution in [-0.2, 0) is 7.05 Å². The highest BCUT2D eigenvalue weighted by Crippen LogP contribution is 2.26. The molecule has 35 heavy (non-hydrogen) atoms. The third-order valence-electron chi connectivity index (χ3n) is 5.46. The van der Waals surface area contributed by atoms with Gasteiger partial charge in [-0.1, -0.05) is 24.3 Å². The van der Waals surface area contributed by atoms with Crippen molar-refractivity contribution in [3.63, 3.8) is 0 Å². The lowest BCUT2D eigenvalue weighted by atomic mass is 10.1. The van der Waals surface area contributed by atoms with Gasteiger partial charge in [0.05, 0.1) is 11.2 Å². The largest absolute Gasteiger partial charge is 1.00 e. The molecule has 174 valence electrons. The quantitative estimate of drug-likeness (QED) is 0.326. The average molecular weight is 482 g/mol. The summed E-state index contributed by atoms with van der Waals surface area (Å²) in [6.07, 6.45) is 5.73. The maximum Gasteiger partial charge on any atom is 0.255 e. The Morgan fingerprint density at radius 1 is 0.743 bits per heavy atom. The molecule has 0 aliphatic heterocycles. The van der Waals surface area contributed by atoms with Gasteiger partial charge in [0.2, 0.25) is 0 Å². The van der Waals surface area contributed by atoms with Crippen LogP contribution in [0.1, 0.15) is 10.4 Å². The van der Waals surface area contributed by atoms with Crippen LogP contribution in [-0.4, -0.2) is 10.9 Å². The summed E-state index contributed by atoms with van der Waals surface area (Å²) in [5.74, 6) is -0.163. The summed E-state index contributed by atoms with van der Waals surface area (Å²) in [6.45, 7) is 0. The summed E-state index contributed by atoms with van der Waals surface area (Å²) >= 11 is 0. The highest BCUT2D eigenvalue weighted by Gasteiger charge is 2.08. The van der Waals surface area contributed by atoms with Crippen molar-refractivity contribution in [2.24, 2.45) is 7.05 Å². The lowest BCUT2D eigenvalue weighted by Crippen LogP contribution is -3.00. The number of benzene rings is 3. The number of pyridine rings is 2. The van der Waals surface area contributed by atoms with E-state index >= 15 is 0 Å². The van der Waals surface area contributed by atoms with E-state index in [2.05, 4.69) is 20.9 Å². The molecule has 3 aromatic carbocycles. The van der Waals surface area contributed by atoms with E-state index in [1.165, 1.54) is 0 Å². The average Bonchev–Trinajstić information content (AvgIpc) is 2.87. The Hall–Kier alpha value is -4.42. The smallest absolute Gasteiger partial charge is 0.255 e. The fourth-order valence-electron chi connectivity index (χ4n) is 3.69. The number of para-hydroxylation sites is 1. The van der Waals surface area contributed by atoms with Crippen molar-refractivity contribution in [2.45, 2.75) is 0 Å². The molecule has 0 unspecified atom stereocenters. The molecule has 0 aliphatic rings. The summed E-state index contributed by atoms with van der Waals surface area (Å²) in [7, 11) is 1.97. The van der Waals surface area contributed by atoms with Crippen LogP contribution in [0.15, 0.2) is 110 Å². The number of hydrogen-bond acceptors (Lipinski definition) is 4. The number of hydrogen-bond donors (Lipinski definition) is 3. The first-order valence-electron chi connectivity index (χ1n) is 11.0. The van der Waals surface area contributed by atoms with Gasteiger partial charge >= 0.3 is 0 Å². The molecule has 3 N–H and O–H groups in total. The van der Waals surface area contributed by atoms with Crippen molar-refractivity contribution in [2.75, 3.05) is 16.0 Å². The van der Waals surface area contributed by atoms with Gasteiger partial charge in [-0.15, -0.1) is 0 Å². The minimum absolute atomic E-state index is 0. The van der Waals surface area contributed by atoms with Crippen LogP contribution in [0.4, 0.5) is 28.4 Å². The second-order valence-electron chi connectivity index (χ2n) is 7.99. The maximum atomic E-state index is 12.8. The third-order valence-corrected chi connectivity index (χ3v) is 5.46. The molecule has 6 nitrogen and oxygen atoms in total. The molecule has 5 rings (SSSR count). The Morgan fingerprint density at radius 3 is 2.26 bits per heavy atom. The van der Waals surface area contributed by atoms with Crippen LogP contribution in [0.2, 0.25) is 0 Å². The van der Waals surface area contributed by atoms with Gasteiger partial charge in [0.1, 0.15) is 7.05 Å².